The Morgan fingerprint density at radius 3 is 1.68 bits per heavy atom. The number of hydrogen-bond acceptors (Lipinski definition) is 4. The highest BCUT2D eigenvalue weighted by Crippen LogP contribution is 2.39. The molecule has 4 aromatic heterocycles. The summed E-state index contributed by atoms with van der Waals surface area (Å²) >= 11 is 0. The molecule has 0 saturated carbocycles. The molecule has 7 aromatic rings. The summed E-state index contributed by atoms with van der Waals surface area (Å²) in [6, 6.07) is 30.8. The molecule has 0 aliphatic rings. The van der Waals surface area contributed by atoms with Crippen molar-refractivity contribution in [1.29, 1.82) is 0 Å². The largest absolute Gasteiger partial charge is 0.247 e. The minimum absolute atomic E-state index is 0.787. The minimum atomic E-state index is 0.787. The van der Waals surface area contributed by atoms with Crippen LogP contribution in [0.25, 0.3) is 55.6 Å². The topological polar surface area (TPSA) is 61.4 Å². The average Bonchev–Trinajstić information content (AvgIpc) is 3.45. The monoisotopic (exact) mass is 480 g/mol. The number of aryl methyl sites for hydroxylation is 3. The summed E-state index contributed by atoms with van der Waals surface area (Å²) < 4.78 is 3.86. The van der Waals surface area contributed by atoms with Gasteiger partial charge in [-0.05, 0) is 56.7 Å². The predicted molar refractivity (Wildman–Crippen MR) is 148 cm³/mol. The average molecular weight is 481 g/mol. The molecular formula is C31H24N6. The van der Waals surface area contributed by atoms with Gasteiger partial charge in [-0.25, -0.2) is 19.3 Å². The second kappa shape index (κ2) is 8.10. The summed E-state index contributed by atoms with van der Waals surface area (Å²) in [5, 5.41) is 13.0. The van der Waals surface area contributed by atoms with Crippen molar-refractivity contribution in [3.05, 3.63) is 108 Å². The van der Waals surface area contributed by atoms with Gasteiger partial charge in [-0.1, -0.05) is 60.7 Å². The Bertz CT molecular complexity index is 1850. The van der Waals surface area contributed by atoms with Crippen molar-refractivity contribution < 1.29 is 0 Å². The fraction of sp³-hybridized carbons (Fsp3) is 0.0968. The van der Waals surface area contributed by atoms with Gasteiger partial charge in [-0.15, -0.1) is 0 Å². The van der Waals surface area contributed by atoms with Gasteiger partial charge in [0.15, 0.2) is 11.3 Å². The van der Waals surface area contributed by atoms with Crippen LogP contribution in [0.15, 0.2) is 91.0 Å². The summed E-state index contributed by atoms with van der Waals surface area (Å²) in [5.41, 5.74) is 9.36. The number of rotatable bonds is 3. The Balaban J connectivity index is 1.66. The molecule has 0 aliphatic heterocycles. The Labute approximate surface area is 213 Å². The van der Waals surface area contributed by atoms with Gasteiger partial charge in [0.1, 0.15) is 0 Å². The van der Waals surface area contributed by atoms with Gasteiger partial charge in [0.05, 0.1) is 44.7 Å². The number of nitrogens with zero attached hydrogens (tertiary/aromatic N) is 6. The van der Waals surface area contributed by atoms with Crippen molar-refractivity contribution in [2.45, 2.75) is 20.8 Å². The van der Waals surface area contributed by atoms with Crippen LogP contribution in [-0.4, -0.2) is 29.5 Å². The van der Waals surface area contributed by atoms with Gasteiger partial charge >= 0.3 is 0 Å². The van der Waals surface area contributed by atoms with Crippen molar-refractivity contribution in [2.24, 2.45) is 0 Å². The molecule has 0 atom stereocenters. The van der Waals surface area contributed by atoms with E-state index < -0.39 is 0 Å². The van der Waals surface area contributed by atoms with Crippen molar-refractivity contribution in [2.75, 3.05) is 0 Å². The van der Waals surface area contributed by atoms with Crippen LogP contribution in [0.1, 0.15) is 17.0 Å². The predicted octanol–water partition coefficient (Wildman–Crippen LogP) is 6.90. The van der Waals surface area contributed by atoms with Gasteiger partial charge in [-0.3, -0.25) is 0 Å². The molecule has 178 valence electrons. The van der Waals surface area contributed by atoms with Gasteiger partial charge in [0.2, 0.25) is 0 Å². The number of fused-ring (bicyclic) bond motifs is 3. The van der Waals surface area contributed by atoms with E-state index in [1.165, 1.54) is 0 Å². The normalized spacial score (nSPS) is 11.6. The summed E-state index contributed by atoms with van der Waals surface area (Å²) in [7, 11) is 0. The molecule has 0 spiro atoms. The van der Waals surface area contributed by atoms with Crippen molar-refractivity contribution in [3.8, 4) is 22.6 Å². The fourth-order valence-corrected chi connectivity index (χ4v) is 5.24. The molecule has 0 bridgehead atoms. The molecule has 7 rings (SSSR count). The SMILES string of the molecule is Cc1cccc2ccc(-c3c4c(C)nn(-c5ccccc5)c4nc4c3c(C)nn4-c3ccccc3)nc12. The quantitative estimate of drug-likeness (QED) is 0.276. The molecule has 0 aliphatic carbocycles. The maximum atomic E-state index is 5.21. The van der Waals surface area contributed by atoms with Crippen LogP contribution in [0.4, 0.5) is 0 Å². The van der Waals surface area contributed by atoms with Crippen molar-refractivity contribution in [1.82, 2.24) is 29.5 Å². The van der Waals surface area contributed by atoms with E-state index in [2.05, 4.69) is 61.5 Å². The van der Waals surface area contributed by atoms with E-state index in [0.717, 1.165) is 72.6 Å². The lowest BCUT2D eigenvalue weighted by Crippen LogP contribution is -2.01. The second-order valence-electron chi connectivity index (χ2n) is 9.39. The first-order valence-electron chi connectivity index (χ1n) is 12.4. The number of para-hydroxylation sites is 3. The lowest BCUT2D eigenvalue weighted by molar-refractivity contribution is 0.863. The molecular weight excluding hydrogens is 456 g/mol. The molecule has 37 heavy (non-hydrogen) atoms. The lowest BCUT2D eigenvalue weighted by atomic mass is 10.0. The second-order valence-corrected chi connectivity index (χ2v) is 9.39. The van der Waals surface area contributed by atoms with Crippen LogP contribution < -0.4 is 0 Å². The zero-order valence-corrected chi connectivity index (χ0v) is 20.8. The van der Waals surface area contributed by atoms with Gasteiger partial charge in [-0.2, -0.15) is 10.2 Å². The Morgan fingerprint density at radius 1 is 0.541 bits per heavy atom. The maximum Gasteiger partial charge on any atom is 0.166 e. The van der Waals surface area contributed by atoms with Gasteiger partial charge in [0, 0.05) is 10.9 Å². The Kier molecular flexibility index (Phi) is 4.69. The maximum absolute atomic E-state index is 5.21. The summed E-state index contributed by atoms with van der Waals surface area (Å²) in [5.74, 6) is 0. The molecule has 0 amide bonds. The number of aromatic nitrogens is 6. The van der Waals surface area contributed by atoms with Gasteiger partial charge < -0.3 is 0 Å². The standard InChI is InChI=1S/C31H24N6/c1-19-11-10-12-22-17-18-25(32-29(19)22)28-26-20(2)34-36(23-13-6-4-7-14-23)30(26)33-31-27(28)21(3)35-37(31)24-15-8-5-9-16-24/h4-18H,1-3H3. The molecule has 6 heteroatoms. The Hall–Kier alpha value is -4.84. The zero-order valence-electron chi connectivity index (χ0n) is 20.8. The first kappa shape index (κ1) is 21.4. The smallest absolute Gasteiger partial charge is 0.166 e. The van der Waals surface area contributed by atoms with Crippen LogP contribution >= 0.6 is 0 Å². The van der Waals surface area contributed by atoms with Crippen LogP contribution in [0, 0.1) is 20.8 Å². The highest BCUT2D eigenvalue weighted by molar-refractivity contribution is 6.10. The first-order valence-corrected chi connectivity index (χ1v) is 12.4. The number of hydrogen-bond donors (Lipinski definition) is 0. The zero-order chi connectivity index (χ0) is 25.1. The summed E-state index contributed by atoms with van der Waals surface area (Å²) in [6.07, 6.45) is 0. The molecule has 0 saturated heterocycles. The third-order valence-electron chi connectivity index (χ3n) is 6.96. The first-order chi connectivity index (χ1) is 18.1. The molecule has 0 unspecified atom stereocenters. The van der Waals surface area contributed by atoms with Crippen molar-refractivity contribution in [3.63, 3.8) is 0 Å². The van der Waals surface area contributed by atoms with E-state index in [4.69, 9.17) is 20.2 Å². The molecule has 6 nitrogen and oxygen atoms in total. The molecule has 0 N–H and O–H groups in total. The molecule has 4 heterocycles. The highest BCUT2D eigenvalue weighted by Gasteiger charge is 2.24. The van der Waals surface area contributed by atoms with Crippen LogP contribution in [0.2, 0.25) is 0 Å². The molecule has 3 aromatic carbocycles. The van der Waals surface area contributed by atoms with E-state index in [0.29, 0.717) is 0 Å². The third-order valence-corrected chi connectivity index (χ3v) is 6.96. The third kappa shape index (κ3) is 3.26. The van der Waals surface area contributed by atoms with E-state index >= 15 is 0 Å². The van der Waals surface area contributed by atoms with E-state index in [1.807, 2.05) is 59.6 Å². The molecule has 0 fully saturated rings. The minimum Gasteiger partial charge on any atom is -0.247 e. The highest BCUT2D eigenvalue weighted by atomic mass is 15.3. The van der Waals surface area contributed by atoms with Crippen LogP contribution in [0.5, 0.6) is 0 Å². The molecule has 0 radical (unpaired) electrons. The van der Waals surface area contributed by atoms with E-state index in [1.54, 1.807) is 0 Å². The van der Waals surface area contributed by atoms with Crippen molar-refractivity contribution >= 4 is 33.0 Å². The number of benzene rings is 3. The van der Waals surface area contributed by atoms with E-state index in [9.17, 15) is 0 Å². The summed E-state index contributed by atoms with van der Waals surface area (Å²) in [4.78, 5) is 10.4. The van der Waals surface area contributed by atoms with Crippen LogP contribution in [0.3, 0.4) is 0 Å². The Morgan fingerprint density at radius 2 is 1.11 bits per heavy atom. The fourth-order valence-electron chi connectivity index (χ4n) is 5.24. The summed E-state index contributed by atoms with van der Waals surface area (Å²) in [6.45, 7) is 6.19. The van der Waals surface area contributed by atoms with Gasteiger partial charge in [0.25, 0.3) is 0 Å². The van der Waals surface area contributed by atoms with Crippen LogP contribution in [-0.2, 0) is 0 Å². The number of pyridine rings is 2. The lowest BCUT2D eigenvalue weighted by Gasteiger charge is -2.10. The van der Waals surface area contributed by atoms with E-state index in [-0.39, 0.29) is 0 Å².